The molecule has 2 aromatic carbocycles. The van der Waals surface area contributed by atoms with Crippen molar-refractivity contribution in [3.8, 4) is 0 Å². The van der Waals surface area contributed by atoms with Crippen LogP contribution in [0.2, 0.25) is 0 Å². The first kappa shape index (κ1) is 23.4. The number of nitrogens with one attached hydrogen (secondary N) is 1. The lowest BCUT2D eigenvalue weighted by Crippen LogP contribution is -2.37. The maximum absolute atomic E-state index is 13.0. The number of amides is 2. The van der Waals surface area contributed by atoms with E-state index in [1.54, 1.807) is 24.3 Å². The van der Waals surface area contributed by atoms with Crippen molar-refractivity contribution in [3.63, 3.8) is 0 Å². The number of aryl methyl sites for hydroxylation is 1. The Morgan fingerprint density at radius 2 is 1.88 bits per heavy atom. The van der Waals surface area contributed by atoms with Crippen molar-refractivity contribution in [2.24, 2.45) is 0 Å². The molecular weight excluding hydrogens is 419 g/mol. The number of hydrogen-bond donors (Lipinski definition) is 1. The Kier molecular flexibility index (Phi) is 7.58. The molecule has 170 valence electrons. The number of para-hydroxylation sites is 1. The number of alkyl halides is 3. The highest BCUT2D eigenvalue weighted by Crippen LogP contribution is 2.29. The average Bonchev–Trinajstić information content (AvgIpc) is 3.18. The molecule has 0 aliphatic heterocycles. The van der Waals surface area contributed by atoms with E-state index in [0.29, 0.717) is 18.7 Å². The van der Waals surface area contributed by atoms with Gasteiger partial charge in [-0.2, -0.15) is 13.2 Å². The second-order valence-corrected chi connectivity index (χ2v) is 7.48. The van der Waals surface area contributed by atoms with E-state index in [-0.39, 0.29) is 19.1 Å². The van der Waals surface area contributed by atoms with Gasteiger partial charge in [-0.05, 0) is 48.4 Å². The lowest BCUT2D eigenvalue weighted by atomic mass is 10.1. The van der Waals surface area contributed by atoms with Crippen molar-refractivity contribution in [2.45, 2.75) is 26.2 Å². The van der Waals surface area contributed by atoms with Gasteiger partial charge in [0.25, 0.3) is 0 Å². The van der Waals surface area contributed by atoms with Gasteiger partial charge in [0.15, 0.2) is 0 Å². The molecule has 2 amide bonds. The Labute approximate surface area is 185 Å². The number of ether oxygens (including phenoxy) is 1. The second kappa shape index (κ2) is 10.4. The first-order valence-electron chi connectivity index (χ1n) is 10.2. The fraction of sp³-hybridized carbons (Fsp3) is 0.292. The minimum Gasteiger partial charge on any atom is -0.383 e. The summed E-state index contributed by atoms with van der Waals surface area (Å²) < 4.78 is 46.1. The number of methoxy groups -OCH3 is 1. The van der Waals surface area contributed by atoms with E-state index in [2.05, 4.69) is 5.32 Å². The highest BCUT2D eigenvalue weighted by Gasteiger charge is 2.30. The molecule has 3 aromatic rings. The fourth-order valence-corrected chi connectivity index (χ4v) is 3.35. The predicted molar refractivity (Wildman–Crippen MR) is 117 cm³/mol. The van der Waals surface area contributed by atoms with E-state index in [1.165, 1.54) is 6.07 Å². The van der Waals surface area contributed by atoms with Gasteiger partial charge in [-0.15, -0.1) is 0 Å². The van der Waals surface area contributed by atoms with Crippen LogP contribution in [0.4, 0.5) is 23.7 Å². The largest absolute Gasteiger partial charge is 0.416 e. The summed E-state index contributed by atoms with van der Waals surface area (Å²) in [5, 5.41) is 2.92. The van der Waals surface area contributed by atoms with Crippen molar-refractivity contribution in [3.05, 3.63) is 89.2 Å². The number of nitrogens with zero attached hydrogens (tertiary/aromatic N) is 2. The van der Waals surface area contributed by atoms with Crippen LogP contribution in [-0.2, 0) is 24.0 Å². The van der Waals surface area contributed by atoms with E-state index < -0.39 is 11.7 Å². The third-order valence-electron chi connectivity index (χ3n) is 5.12. The van der Waals surface area contributed by atoms with Gasteiger partial charge < -0.3 is 19.5 Å². The third kappa shape index (κ3) is 6.13. The van der Waals surface area contributed by atoms with Gasteiger partial charge in [0, 0.05) is 37.8 Å². The molecule has 8 heteroatoms. The first-order valence-corrected chi connectivity index (χ1v) is 10.2. The molecule has 0 aliphatic carbocycles. The topological polar surface area (TPSA) is 46.5 Å². The van der Waals surface area contributed by atoms with Gasteiger partial charge in [-0.1, -0.05) is 30.3 Å². The molecule has 0 saturated heterocycles. The highest BCUT2D eigenvalue weighted by atomic mass is 19.4. The van der Waals surface area contributed by atoms with Crippen LogP contribution in [0, 0.1) is 6.92 Å². The van der Waals surface area contributed by atoms with E-state index in [1.807, 2.05) is 47.9 Å². The van der Waals surface area contributed by atoms with Crippen LogP contribution in [0.5, 0.6) is 0 Å². The zero-order valence-electron chi connectivity index (χ0n) is 18.0. The number of carbonyl (C=O) groups excluding carboxylic acids is 1. The number of carbonyl (C=O) groups is 1. The van der Waals surface area contributed by atoms with E-state index in [0.717, 1.165) is 29.1 Å². The van der Waals surface area contributed by atoms with Crippen molar-refractivity contribution in [1.29, 1.82) is 0 Å². The van der Waals surface area contributed by atoms with Crippen molar-refractivity contribution in [2.75, 3.05) is 25.6 Å². The lowest BCUT2D eigenvalue weighted by molar-refractivity contribution is -0.137. The summed E-state index contributed by atoms with van der Waals surface area (Å²) in [6.07, 6.45) is -2.59. The SMILES string of the molecule is COCCN(Cc1cccn1Cc1cccc(C(F)(F)F)c1)C(=O)Nc1ccccc1C. The summed E-state index contributed by atoms with van der Waals surface area (Å²) in [5.41, 5.74) is 2.33. The molecule has 0 unspecified atom stereocenters. The summed E-state index contributed by atoms with van der Waals surface area (Å²) in [6.45, 7) is 3.19. The van der Waals surface area contributed by atoms with Crippen LogP contribution in [0.15, 0.2) is 66.9 Å². The van der Waals surface area contributed by atoms with Gasteiger partial charge >= 0.3 is 12.2 Å². The van der Waals surface area contributed by atoms with E-state index in [4.69, 9.17) is 4.74 Å². The number of aromatic nitrogens is 1. The van der Waals surface area contributed by atoms with E-state index >= 15 is 0 Å². The van der Waals surface area contributed by atoms with Crippen LogP contribution < -0.4 is 5.32 Å². The van der Waals surface area contributed by atoms with Gasteiger partial charge in [0.1, 0.15) is 0 Å². The molecule has 1 heterocycles. The number of rotatable bonds is 8. The van der Waals surface area contributed by atoms with Crippen LogP contribution in [-0.4, -0.2) is 35.8 Å². The van der Waals surface area contributed by atoms with Crippen LogP contribution in [0.1, 0.15) is 22.4 Å². The Morgan fingerprint density at radius 3 is 2.59 bits per heavy atom. The highest BCUT2D eigenvalue weighted by molar-refractivity contribution is 5.90. The van der Waals surface area contributed by atoms with E-state index in [9.17, 15) is 18.0 Å². The number of anilines is 1. The standard InChI is InChI=1S/C24H26F3N3O2/c1-18-7-3-4-11-22(18)28-23(31)30(13-14-32-2)17-21-10-6-12-29(21)16-19-8-5-9-20(15-19)24(25,26)27/h3-12,15H,13-14,16-17H2,1-2H3,(H,28,31). The summed E-state index contributed by atoms with van der Waals surface area (Å²) in [7, 11) is 1.56. The van der Waals surface area contributed by atoms with Crippen LogP contribution >= 0.6 is 0 Å². The quantitative estimate of drug-likeness (QED) is 0.495. The summed E-state index contributed by atoms with van der Waals surface area (Å²) in [5.74, 6) is 0. The third-order valence-corrected chi connectivity index (χ3v) is 5.12. The Balaban J connectivity index is 1.76. The van der Waals surface area contributed by atoms with Crippen molar-refractivity contribution < 1.29 is 22.7 Å². The summed E-state index contributed by atoms with van der Waals surface area (Å²) >= 11 is 0. The van der Waals surface area contributed by atoms with Crippen LogP contribution in [0.25, 0.3) is 0 Å². The minimum atomic E-state index is -4.39. The fourth-order valence-electron chi connectivity index (χ4n) is 3.35. The van der Waals surface area contributed by atoms with Crippen molar-refractivity contribution >= 4 is 11.7 Å². The molecule has 1 aromatic heterocycles. The van der Waals surface area contributed by atoms with Gasteiger partial charge in [0.05, 0.1) is 18.7 Å². The number of halogens is 3. The Morgan fingerprint density at radius 1 is 1.09 bits per heavy atom. The smallest absolute Gasteiger partial charge is 0.383 e. The zero-order valence-corrected chi connectivity index (χ0v) is 18.0. The van der Waals surface area contributed by atoms with Crippen LogP contribution in [0.3, 0.4) is 0 Å². The molecule has 32 heavy (non-hydrogen) atoms. The maximum Gasteiger partial charge on any atom is 0.416 e. The molecule has 0 aliphatic rings. The van der Waals surface area contributed by atoms with Crippen molar-refractivity contribution in [1.82, 2.24) is 9.47 Å². The monoisotopic (exact) mass is 445 g/mol. The molecule has 3 rings (SSSR count). The predicted octanol–water partition coefficient (Wildman–Crippen LogP) is 5.54. The zero-order chi connectivity index (χ0) is 23.1. The molecule has 0 fully saturated rings. The number of hydrogen-bond acceptors (Lipinski definition) is 2. The molecule has 0 spiro atoms. The van der Waals surface area contributed by atoms with Gasteiger partial charge in [-0.25, -0.2) is 4.79 Å². The Bertz CT molecular complexity index is 1050. The normalized spacial score (nSPS) is 11.4. The summed E-state index contributed by atoms with van der Waals surface area (Å²) in [6, 6.07) is 16.2. The molecule has 0 radical (unpaired) electrons. The minimum absolute atomic E-state index is 0.268. The number of benzene rings is 2. The maximum atomic E-state index is 13.0. The average molecular weight is 445 g/mol. The summed E-state index contributed by atoms with van der Waals surface area (Å²) in [4.78, 5) is 14.6. The number of urea groups is 1. The molecule has 1 N–H and O–H groups in total. The Hall–Kier alpha value is -3.26. The molecule has 5 nitrogen and oxygen atoms in total. The first-order chi connectivity index (χ1) is 15.3. The van der Waals surface area contributed by atoms with Gasteiger partial charge in [-0.3, -0.25) is 0 Å². The van der Waals surface area contributed by atoms with Gasteiger partial charge in [0.2, 0.25) is 0 Å². The molecule has 0 saturated carbocycles. The second-order valence-electron chi connectivity index (χ2n) is 7.48. The molecular formula is C24H26F3N3O2. The molecule has 0 bridgehead atoms. The molecule has 0 atom stereocenters. The lowest BCUT2D eigenvalue weighted by Gasteiger charge is -2.24.